The third-order valence-corrected chi connectivity index (χ3v) is 4.59. The number of carbonyl (C=O) groups excluding carboxylic acids is 1. The monoisotopic (exact) mass is 337 g/mol. The molecule has 0 atom stereocenters. The predicted molar refractivity (Wildman–Crippen MR) is 89.9 cm³/mol. The van der Waals surface area contributed by atoms with Crippen molar-refractivity contribution in [1.29, 1.82) is 0 Å². The number of nitrogens with one attached hydrogen (secondary N) is 1. The summed E-state index contributed by atoms with van der Waals surface area (Å²) in [6.07, 6.45) is 1.14. The first-order valence-electron chi connectivity index (χ1n) is 7.03. The van der Waals surface area contributed by atoms with Crippen LogP contribution in [0.3, 0.4) is 0 Å². The van der Waals surface area contributed by atoms with Gasteiger partial charge < -0.3 is 5.32 Å². The number of hydrogen-bond donors (Lipinski definition) is 1. The summed E-state index contributed by atoms with van der Waals surface area (Å²) in [7, 11) is 0. The molecule has 1 N–H and O–H groups in total. The van der Waals surface area contributed by atoms with E-state index in [9.17, 15) is 9.18 Å². The van der Waals surface area contributed by atoms with Crippen LogP contribution >= 0.6 is 23.4 Å². The van der Waals surface area contributed by atoms with Crippen LogP contribution in [-0.4, -0.2) is 18.2 Å². The second kappa shape index (κ2) is 8.81. The second-order valence-corrected chi connectivity index (χ2v) is 6.30. The number of halogens is 2. The largest absolute Gasteiger partial charge is 0.356 e. The molecule has 0 fully saturated rings. The normalized spacial score (nSPS) is 10.5. The number of amides is 1. The zero-order valence-electron chi connectivity index (χ0n) is 12.0. The fourth-order valence-corrected chi connectivity index (χ4v) is 3.09. The van der Waals surface area contributed by atoms with Gasteiger partial charge in [-0.2, -0.15) is 0 Å². The average Bonchev–Trinajstić information content (AvgIpc) is 2.51. The maximum Gasteiger partial charge on any atom is 0.220 e. The molecule has 0 saturated carbocycles. The minimum Gasteiger partial charge on any atom is -0.356 e. The molecule has 5 heteroatoms. The summed E-state index contributed by atoms with van der Waals surface area (Å²) in [6.45, 7) is 0.557. The van der Waals surface area contributed by atoms with E-state index >= 15 is 0 Å². The molecule has 0 aliphatic carbocycles. The number of carbonyl (C=O) groups is 1. The van der Waals surface area contributed by atoms with Crippen molar-refractivity contribution in [3.63, 3.8) is 0 Å². The van der Waals surface area contributed by atoms with Crippen LogP contribution in [-0.2, 0) is 11.2 Å². The maximum absolute atomic E-state index is 12.8. The molecule has 0 unspecified atom stereocenters. The Kier molecular flexibility index (Phi) is 6.74. The van der Waals surface area contributed by atoms with Gasteiger partial charge >= 0.3 is 0 Å². The number of thioether (sulfide) groups is 1. The highest BCUT2D eigenvalue weighted by Gasteiger charge is 2.04. The number of rotatable bonds is 7. The average molecular weight is 338 g/mol. The fourth-order valence-electron chi connectivity index (χ4n) is 1.90. The van der Waals surface area contributed by atoms with Gasteiger partial charge in [-0.1, -0.05) is 35.9 Å². The minimum absolute atomic E-state index is 0.0154. The van der Waals surface area contributed by atoms with E-state index in [0.29, 0.717) is 30.2 Å². The highest BCUT2D eigenvalue weighted by molar-refractivity contribution is 7.99. The Bertz CT molecular complexity index is 618. The zero-order valence-corrected chi connectivity index (χ0v) is 13.6. The van der Waals surface area contributed by atoms with Crippen LogP contribution in [0.5, 0.6) is 0 Å². The van der Waals surface area contributed by atoms with E-state index < -0.39 is 0 Å². The lowest BCUT2D eigenvalue weighted by Crippen LogP contribution is -2.25. The Morgan fingerprint density at radius 1 is 1.14 bits per heavy atom. The lowest BCUT2D eigenvalue weighted by molar-refractivity contribution is -0.120. The summed E-state index contributed by atoms with van der Waals surface area (Å²) < 4.78 is 12.8. The highest BCUT2D eigenvalue weighted by Crippen LogP contribution is 2.26. The molecule has 1 amide bonds. The van der Waals surface area contributed by atoms with E-state index in [4.69, 9.17) is 11.6 Å². The molecule has 2 rings (SSSR count). The van der Waals surface area contributed by atoms with Crippen molar-refractivity contribution in [2.24, 2.45) is 0 Å². The van der Waals surface area contributed by atoms with E-state index in [-0.39, 0.29) is 11.7 Å². The van der Waals surface area contributed by atoms with Crippen molar-refractivity contribution in [2.45, 2.75) is 17.7 Å². The Morgan fingerprint density at radius 3 is 2.59 bits per heavy atom. The van der Waals surface area contributed by atoms with Crippen molar-refractivity contribution in [2.75, 3.05) is 12.3 Å². The van der Waals surface area contributed by atoms with Crippen LogP contribution < -0.4 is 5.32 Å². The van der Waals surface area contributed by atoms with Gasteiger partial charge in [0.1, 0.15) is 5.82 Å². The second-order valence-electron chi connectivity index (χ2n) is 4.76. The van der Waals surface area contributed by atoms with Gasteiger partial charge in [0.15, 0.2) is 0 Å². The summed E-state index contributed by atoms with van der Waals surface area (Å²) >= 11 is 7.63. The number of hydrogen-bond acceptors (Lipinski definition) is 2. The van der Waals surface area contributed by atoms with E-state index in [1.807, 2.05) is 24.3 Å². The first kappa shape index (κ1) is 16.8. The van der Waals surface area contributed by atoms with Gasteiger partial charge in [0.05, 0.1) is 5.02 Å². The van der Waals surface area contributed by atoms with Crippen molar-refractivity contribution in [3.8, 4) is 0 Å². The van der Waals surface area contributed by atoms with Crippen LogP contribution in [0, 0.1) is 5.82 Å². The van der Waals surface area contributed by atoms with Crippen LogP contribution in [0.2, 0.25) is 5.02 Å². The molecule has 0 aliphatic heterocycles. The smallest absolute Gasteiger partial charge is 0.220 e. The van der Waals surface area contributed by atoms with Crippen LogP contribution in [0.1, 0.15) is 12.0 Å². The molecule has 0 aliphatic rings. The summed E-state index contributed by atoms with van der Waals surface area (Å²) in [4.78, 5) is 12.7. The maximum atomic E-state index is 12.8. The van der Waals surface area contributed by atoms with Gasteiger partial charge in [-0.25, -0.2) is 4.39 Å². The van der Waals surface area contributed by atoms with Crippen LogP contribution in [0.15, 0.2) is 53.4 Å². The molecule has 0 bridgehead atoms. The van der Waals surface area contributed by atoms with E-state index in [0.717, 1.165) is 10.5 Å². The molecule has 0 aromatic heterocycles. The molecule has 2 aromatic carbocycles. The highest BCUT2D eigenvalue weighted by atomic mass is 35.5. The standard InChI is InChI=1S/C17H17ClFNOS/c18-15-3-1-2-4-16(15)22-12-10-17(21)20-11-9-13-5-7-14(19)8-6-13/h1-8H,9-12H2,(H,20,21). The van der Waals surface area contributed by atoms with Crippen molar-refractivity contribution in [3.05, 3.63) is 64.9 Å². The molecule has 2 nitrogen and oxygen atoms in total. The summed E-state index contributed by atoms with van der Waals surface area (Å²) in [5, 5.41) is 3.58. The minimum atomic E-state index is -0.246. The summed E-state index contributed by atoms with van der Waals surface area (Å²) in [5.74, 6) is 0.456. The van der Waals surface area contributed by atoms with Crippen LogP contribution in [0.4, 0.5) is 4.39 Å². The Labute approximate surface area is 139 Å². The van der Waals surface area contributed by atoms with Gasteiger partial charge in [0.2, 0.25) is 5.91 Å². The predicted octanol–water partition coefficient (Wildman–Crippen LogP) is 4.32. The van der Waals surface area contributed by atoms with Gasteiger partial charge in [0, 0.05) is 23.6 Å². The van der Waals surface area contributed by atoms with E-state index in [2.05, 4.69) is 5.32 Å². The van der Waals surface area contributed by atoms with Crippen molar-refractivity contribution >= 4 is 29.3 Å². The molecule has 2 aromatic rings. The molecule has 0 saturated heterocycles. The van der Waals surface area contributed by atoms with E-state index in [1.165, 1.54) is 12.1 Å². The molecule has 22 heavy (non-hydrogen) atoms. The molecule has 0 heterocycles. The quantitative estimate of drug-likeness (QED) is 0.762. The molecule has 0 spiro atoms. The molecule has 116 valence electrons. The summed E-state index contributed by atoms with van der Waals surface area (Å²) in [6, 6.07) is 13.9. The third kappa shape index (κ3) is 5.70. The Morgan fingerprint density at radius 2 is 1.86 bits per heavy atom. The van der Waals surface area contributed by atoms with Gasteiger partial charge in [-0.05, 0) is 36.2 Å². The SMILES string of the molecule is O=C(CCSc1ccccc1Cl)NCCc1ccc(F)cc1. The first-order chi connectivity index (χ1) is 10.6. The van der Waals surface area contributed by atoms with Gasteiger partial charge in [-0.15, -0.1) is 11.8 Å². The summed E-state index contributed by atoms with van der Waals surface area (Å²) in [5.41, 5.74) is 1.01. The Balaban J connectivity index is 1.64. The molecular formula is C17H17ClFNOS. The molecular weight excluding hydrogens is 321 g/mol. The topological polar surface area (TPSA) is 29.1 Å². The fraction of sp³-hybridized carbons (Fsp3) is 0.235. The lowest BCUT2D eigenvalue weighted by Gasteiger charge is -2.06. The third-order valence-electron chi connectivity index (χ3n) is 3.07. The number of benzene rings is 2. The first-order valence-corrected chi connectivity index (χ1v) is 8.40. The van der Waals surface area contributed by atoms with Gasteiger partial charge in [0.25, 0.3) is 0 Å². The van der Waals surface area contributed by atoms with E-state index in [1.54, 1.807) is 23.9 Å². The molecule has 0 radical (unpaired) electrons. The van der Waals surface area contributed by atoms with Crippen LogP contribution in [0.25, 0.3) is 0 Å². The lowest BCUT2D eigenvalue weighted by atomic mass is 10.1. The Hall–Kier alpha value is -1.52. The van der Waals surface area contributed by atoms with Gasteiger partial charge in [-0.3, -0.25) is 4.79 Å². The zero-order chi connectivity index (χ0) is 15.8. The van der Waals surface area contributed by atoms with Crippen molar-refractivity contribution < 1.29 is 9.18 Å². The van der Waals surface area contributed by atoms with Crippen molar-refractivity contribution in [1.82, 2.24) is 5.32 Å².